The number of hydrogen-bond donors (Lipinski definition) is 0. The first-order valence-corrected chi connectivity index (χ1v) is 8.68. The molecule has 0 bridgehead atoms. The summed E-state index contributed by atoms with van der Waals surface area (Å²) in [4.78, 5) is 10.5. The van der Waals surface area contributed by atoms with Crippen molar-refractivity contribution < 1.29 is 18.1 Å². The third-order valence-electron chi connectivity index (χ3n) is 3.40. The maximum absolute atomic E-state index is 12.4. The second kappa shape index (κ2) is 6.62. The molecule has 7 nitrogen and oxygen atoms in total. The highest BCUT2D eigenvalue weighted by atomic mass is 32.2. The van der Waals surface area contributed by atoms with Gasteiger partial charge in [-0.15, -0.1) is 0 Å². The summed E-state index contributed by atoms with van der Waals surface area (Å²) in [5.74, 6) is 0.312. The molecule has 0 saturated carbocycles. The van der Waals surface area contributed by atoms with Gasteiger partial charge in [0, 0.05) is 19.2 Å². The summed E-state index contributed by atoms with van der Waals surface area (Å²) in [5.41, 5.74) is -0.319. The second-order valence-corrected chi connectivity index (χ2v) is 7.64. The lowest BCUT2D eigenvalue weighted by Crippen LogP contribution is -2.27. The van der Waals surface area contributed by atoms with E-state index in [-0.39, 0.29) is 22.3 Å². The van der Waals surface area contributed by atoms with Gasteiger partial charge in [-0.25, -0.2) is 8.42 Å². The van der Waals surface area contributed by atoms with Crippen LogP contribution in [-0.2, 0) is 10.0 Å². The Labute approximate surface area is 130 Å². The van der Waals surface area contributed by atoms with Crippen molar-refractivity contribution in [1.29, 1.82) is 0 Å². The molecule has 1 aliphatic heterocycles. The Morgan fingerprint density at radius 1 is 1.32 bits per heavy atom. The van der Waals surface area contributed by atoms with E-state index in [4.69, 9.17) is 4.74 Å². The van der Waals surface area contributed by atoms with Crippen molar-refractivity contribution >= 4 is 15.7 Å². The highest BCUT2D eigenvalue weighted by molar-refractivity contribution is 7.89. The molecule has 122 valence electrons. The molecule has 2 rings (SSSR count). The molecule has 1 fully saturated rings. The van der Waals surface area contributed by atoms with Gasteiger partial charge in [0.1, 0.15) is 0 Å². The van der Waals surface area contributed by atoms with Gasteiger partial charge < -0.3 is 4.74 Å². The van der Waals surface area contributed by atoms with Crippen LogP contribution in [0.15, 0.2) is 23.1 Å². The summed E-state index contributed by atoms with van der Waals surface area (Å²) in [6, 6.07) is 3.82. The van der Waals surface area contributed by atoms with E-state index in [1.165, 1.54) is 16.4 Å². The lowest BCUT2D eigenvalue weighted by molar-refractivity contribution is -0.386. The van der Waals surface area contributed by atoms with E-state index < -0.39 is 14.9 Å². The molecule has 1 aromatic rings. The van der Waals surface area contributed by atoms with Crippen molar-refractivity contribution in [2.45, 2.75) is 31.6 Å². The zero-order chi connectivity index (χ0) is 16.3. The largest absolute Gasteiger partial charge is 0.487 e. The lowest BCUT2D eigenvalue weighted by atomic mass is 10.2. The van der Waals surface area contributed by atoms with E-state index in [2.05, 4.69) is 0 Å². The summed E-state index contributed by atoms with van der Waals surface area (Å²) in [7, 11) is -3.67. The van der Waals surface area contributed by atoms with Crippen LogP contribution in [0.25, 0.3) is 0 Å². The Morgan fingerprint density at radius 2 is 1.95 bits per heavy atom. The highest BCUT2D eigenvalue weighted by Crippen LogP contribution is 2.32. The monoisotopic (exact) mass is 328 g/mol. The van der Waals surface area contributed by atoms with Crippen molar-refractivity contribution in [2.24, 2.45) is 5.92 Å². The molecule has 0 aliphatic carbocycles. The minimum atomic E-state index is -3.67. The van der Waals surface area contributed by atoms with Crippen LogP contribution >= 0.6 is 0 Å². The molecule has 0 spiro atoms. The minimum absolute atomic E-state index is 0.0574. The van der Waals surface area contributed by atoms with Crippen LogP contribution in [-0.4, -0.2) is 37.3 Å². The van der Waals surface area contributed by atoms with Gasteiger partial charge in [-0.2, -0.15) is 4.31 Å². The average molecular weight is 328 g/mol. The number of ether oxygens (including phenoxy) is 1. The Balaban J connectivity index is 2.34. The quantitative estimate of drug-likeness (QED) is 0.591. The van der Waals surface area contributed by atoms with E-state index in [9.17, 15) is 18.5 Å². The van der Waals surface area contributed by atoms with Crippen molar-refractivity contribution in [3.05, 3.63) is 28.3 Å². The highest BCUT2D eigenvalue weighted by Gasteiger charge is 2.29. The standard InChI is InChI=1S/C14H20N2O5S/c1-11(2)10-21-14-6-5-12(9-13(14)16(17)18)22(19,20)15-7-3-4-8-15/h5-6,9,11H,3-4,7-8,10H2,1-2H3. The van der Waals surface area contributed by atoms with Crippen LogP contribution < -0.4 is 4.74 Å². The van der Waals surface area contributed by atoms with Gasteiger partial charge in [0.25, 0.3) is 0 Å². The van der Waals surface area contributed by atoms with E-state index in [0.29, 0.717) is 19.7 Å². The number of nitro benzene ring substituents is 1. The number of hydrogen-bond acceptors (Lipinski definition) is 5. The normalized spacial score (nSPS) is 16.1. The summed E-state index contributed by atoms with van der Waals surface area (Å²) >= 11 is 0. The predicted octanol–water partition coefficient (Wildman–Crippen LogP) is 2.41. The maximum Gasteiger partial charge on any atom is 0.312 e. The summed E-state index contributed by atoms with van der Waals surface area (Å²) in [6.45, 7) is 5.11. The topological polar surface area (TPSA) is 89.8 Å². The molecule has 22 heavy (non-hydrogen) atoms. The van der Waals surface area contributed by atoms with Gasteiger partial charge in [0.2, 0.25) is 10.0 Å². The predicted molar refractivity (Wildman–Crippen MR) is 81.4 cm³/mol. The third-order valence-corrected chi connectivity index (χ3v) is 5.30. The molecule has 0 atom stereocenters. The van der Waals surface area contributed by atoms with Crippen LogP contribution in [0.3, 0.4) is 0 Å². The van der Waals surface area contributed by atoms with Gasteiger partial charge in [0.05, 0.1) is 16.4 Å². The van der Waals surface area contributed by atoms with Crippen molar-refractivity contribution in [3.8, 4) is 5.75 Å². The van der Waals surface area contributed by atoms with Crippen LogP contribution in [0.1, 0.15) is 26.7 Å². The van der Waals surface area contributed by atoms with Crippen molar-refractivity contribution in [2.75, 3.05) is 19.7 Å². The van der Waals surface area contributed by atoms with Crippen LogP contribution in [0, 0.1) is 16.0 Å². The Bertz CT molecular complexity index is 651. The molecular formula is C14H20N2O5S. The van der Waals surface area contributed by atoms with E-state index in [1.54, 1.807) is 0 Å². The minimum Gasteiger partial charge on any atom is -0.487 e. The van der Waals surface area contributed by atoms with Gasteiger partial charge in [-0.1, -0.05) is 13.8 Å². The van der Waals surface area contributed by atoms with Crippen LogP contribution in [0.4, 0.5) is 5.69 Å². The summed E-state index contributed by atoms with van der Waals surface area (Å²) in [5, 5.41) is 11.2. The molecule has 1 heterocycles. The maximum atomic E-state index is 12.4. The first kappa shape index (κ1) is 16.7. The molecule has 0 radical (unpaired) electrons. The van der Waals surface area contributed by atoms with Crippen molar-refractivity contribution in [3.63, 3.8) is 0 Å². The SMILES string of the molecule is CC(C)COc1ccc(S(=O)(=O)N2CCCC2)cc1[N+](=O)[O-]. The molecule has 1 saturated heterocycles. The number of sulfonamides is 1. The summed E-state index contributed by atoms with van der Waals surface area (Å²) < 4.78 is 31.7. The number of rotatable bonds is 6. The Morgan fingerprint density at radius 3 is 2.50 bits per heavy atom. The molecular weight excluding hydrogens is 308 g/mol. The lowest BCUT2D eigenvalue weighted by Gasteiger charge is -2.16. The smallest absolute Gasteiger partial charge is 0.312 e. The van der Waals surface area contributed by atoms with Crippen LogP contribution in [0.5, 0.6) is 5.75 Å². The Kier molecular flexibility index (Phi) is 5.02. The van der Waals surface area contributed by atoms with Gasteiger partial charge in [-0.05, 0) is 30.9 Å². The zero-order valence-corrected chi connectivity index (χ0v) is 13.5. The second-order valence-electron chi connectivity index (χ2n) is 5.70. The Hall–Kier alpha value is -1.67. The van der Waals surface area contributed by atoms with Gasteiger partial charge in [0.15, 0.2) is 5.75 Å². The number of nitrogens with zero attached hydrogens (tertiary/aromatic N) is 2. The fourth-order valence-electron chi connectivity index (χ4n) is 2.26. The molecule has 0 aromatic heterocycles. The number of nitro groups is 1. The third kappa shape index (κ3) is 3.56. The molecule has 1 aromatic carbocycles. The molecule has 1 aliphatic rings. The first-order valence-electron chi connectivity index (χ1n) is 7.24. The zero-order valence-electron chi connectivity index (χ0n) is 12.7. The van der Waals surface area contributed by atoms with Crippen molar-refractivity contribution in [1.82, 2.24) is 4.31 Å². The number of benzene rings is 1. The van der Waals surface area contributed by atoms with Gasteiger partial charge in [-0.3, -0.25) is 10.1 Å². The van der Waals surface area contributed by atoms with Crippen LogP contribution in [0.2, 0.25) is 0 Å². The fourth-order valence-corrected chi connectivity index (χ4v) is 3.79. The molecule has 0 unspecified atom stereocenters. The molecule has 0 amide bonds. The average Bonchev–Trinajstić information content (AvgIpc) is 2.99. The van der Waals surface area contributed by atoms with Gasteiger partial charge >= 0.3 is 5.69 Å². The molecule has 0 N–H and O–H groups in total. The van der Waals surface area contributed by atoms with E-state index >= 15 is 0 Å². The summed E-state index contributed by atoms with van der Waals surface area (Å²) in [6.07, 6.45) is 1.63. The first-order chi connectivity index (χ1) is 10.3. The fraction of sp³-hybridized carbons (Fsp3) is 0.571. The van der Waals surface area contributed by atoms with E-state index in [1.807, 2.05) is 13.8 Å². The van der Waals surface area contributed by atoms with E-state index in [0.717, 1.165) is 18.9 Å². The molecule has 8 heteroatoms.